The maximum Gasteiger partial charge on any atom is 0.307 e. The Labute approximate surface area is 83.8 Å². The molecule has 1 heterocycles. The van der Waals surface area contributed by atoms with E-state index in [1.54, 1.807) is 6.07 Å². The normalized spacial score (nSPS) is 10.0. The molecule has 0 radical (unpaired) electrons. The number of carbonyl (C=O) groups is 1. The van der Waals surface area contributed by atoms with Gasteiger partial charge >= 0.3 is 5.97 Å². The van der Waals surface area contributed by atoms with Gasteiger partial charge in [-0.2, -0.15) is 5.26 Å². The van der Waals surface area contributed by atoms with Gasteiger partial charge in [-0.05, 0) is 11.6 Å². The quantitative estimate of drug-likeness (QED) is 0.824. The first-order valence-corrected chi connectivity index (χ1v) is 3.94. The Morgan fingerprint density at radius 1 is 1.60 bits per heavy atom. The van der Waals surface area contributed by atoms with Crippen LogP contribution in [0, 0.1) is 11.3 Å². The molecule has 1 rings (SSSR count). The summed E-state index contributed by atoms with van der Waals surface area (Å²) in [7, 11) is 0. The van der Waals surface area contributed by atoms with Crippen molar-refractivity contribution in [3.05, 3.63) is 29.1 Å². The molecule has 0 aliphatic heterocycles. The fourth-order valence-corrected chi connectivity index (χ4v) is 1.03. The highest BCUT2D eigenvalue weighted by Gasteiger charge is 2.13. The molecule has 0 amide bonds. The predicted octanol–water partition coefficient (Wildman–Crippen LogP) is 1.52. The number of nitrogens with zero attached hydrogens (tertiary/aromatic N) is 2. The number of hydrogen-bond acceptors (Lipinski definition) is 3. The summed E-state index contributed by atoms with van der Waals surface area (Å²) in [5.41, 5.74) is -0.662. The van der Waals surface area contributed by atoms with Gasteiger partial charge in [0.25, 0.3) is 6.43 Å². The summed E-state index contributed by atoms with van der Waals surface area (Å²) in [5, 5.41) is 17.1. The van der Waals surface area contributed by atoms with Crippen LogP contribution in [-0.2, 0) is 11.2 Å². The van der Waals surface area contributed by atoms with E-state index in [0.29, 0.717) is 0 Å². The van der Waals surface area contributed by atoms with E-state index in [-0.39, 0.29) is 11.3 Å². The highest BCUT2D eigenvalue weighted by molar-refractivity contribution is 5.71. The first-order valence-electron chi connectivity index (χ1n) is 3.94. The van der Waals surface area contributed by atoms with E-state index >= 15 is 0 Å². The third-order valence-electron chi connectivity index (χ3n) is 1.67. The lowest BCUT2D eigenvalue weighted by Gasteiger charge is -2.03. The molecule has 0 bridgehead atoms. The van der Waals surface area contributed by atoms with Crippen LogP contribution in [0.15, 0.2) is 12.1 Å². The zero-order valence-electron chi connectivity index (χ0n) is 7.44. The molecule has 0 aliphatic rings. The van der Waals surface area contributed by atoms with E-state index < -0.39 is 24.5 Å². The average molecular weight is 212 g/mol. The van der Waals surface area contributed by atoms with Crippen molar-refractivity contribution in [3.63, 3.8) is 0 Å². The van der Waals surface area contributed by atoms with Crippen molar-refractivity contribution in [1.82, 2.24) is 4.98 Å². The van der Waals surface area contributed by atoms with Gasteiger partial charge in [-0.3, -0.25) is 4.79 Å². The highest BCUT2D eigenvalue weighted by atomic mass is 19.3. The SMILES string of the molecule is N#Cc1nc(C(F)F)ccc1CC(=O)O. The van der Waals surface area contributed by atoms with E-state index in [1.807, 2.05) is 0 Å². The van der Waals surface area contributed by atoms with E-state index in [2.05, 4.69) is 4.98 Å². The summed E-state index contributed by atoms with van der Waals surface area (Å²) >= 11 is 0. The zero-order chi connectivity index (χ0) is 11.4. The molecule has 0 aromatic carbocycles. The van der Waals surface area contributed by atoms with Crippen molar-refractivity contribution >= 4 is 5.97 Å². The van der Waals surface area contributed by atoms with Crippen LogP contribution < -0.4 is 0 Å². The molecule has 15 heavy (non-hydrogen) atoms. The number of carboxylic acids is 1. The fraction of sp³-hybridized carbons (Fsp3) is 0.222. The van der Waals surface area contributed by atoms with E-state index in [1.165, 1.54) is 6.07 Å². The molecule has 0 saturated heterocycles. The lowest BCUT2D eigenvalue weighted by Crippen LogP contribution is -2.05. The van der Waals surface area contributed by atoms with Crippen molar-refractivity contribution in [2.45, 2.75) is 12.8 Å². The summed E-state index contributed by atoms with van der Waals surface area (Å²) in [4.78, 5) is 13.7. The molecule has 1 N–H and O–H groups in total. The van der Waals surface area contributed by atoms with Crippen molar-refractivity contribution in [2.24, 2.45) is 0 Å². The summed E-state index contributed by atoms with van der Waals surface area (Å²) in [6.45, 7) is 0. The molecular weight excluding hydrogens is 206 g/mol. The number of carboxylic acid groups (broad SMARTS) is 1. The summed E-state index contributed by atoms with van der Waals surface area (Å²) in [6.07, 6.45) is -3.17. The minimum absolute atomic E-state index is 0.134. The van der Waals surface area contributed by atoms with E-state index in [9.17, 15) is 13.6 Å². The van der Waals surface area contributed by atoms with Gasteiger partial charge in [0.2, 0.25) is 0 Å². The minimum atomic E-state index is -2.77. The van der Waals surface area contributed by atoms with Gasteiger partial charge < -0.3 is 5.11 Å². The molecule has 0 saturated carbocycles. The number of aliphatic carboxylic acids is 1. The molecule has 0 atom stereocenters. The molecule has 1 aromatic rings. The zero-order valence-corrected chi connectivity index (χ0v) is 7.44. The Hall–Kier alpha value is -2.03. The Morgan fingerprint density at radius 2 is 2.27 bits per heavy atom. The third kappa shape index (κ3) is 2.71. The molecule has 0 aliphatic carbocycles. The van der Waals surface area contributed by atoms with Gasteiger partial charge in [0.05, 0.1) is 6.42 Å². The second-order valence-corrected chi connectivity index (χ2v) is 2.73. The number of nitriles is 1. The van der Waals surface area contributed by atoms with Crippen molar-refractivity contribution < 1.29 is 18.7 Å². The molecular formula is C9H6F2N2O2. The first kappa shape index (κ1) is 11.0. The van der Waals surface area contributed by atoms with Crippen LogP contribution in [0.5, 0.6) is 0 Å². The van der Waals surface area contributed by atoms with Crippen molar-refractivity contribution in [1.29, 1.82) is 5.26 Å². The standard InChI is InChI=1S/C9H6F2N2O2/c10-9(11)6-2-1-5(3-8(14)15)7(4-12)13-6/h1-2,9H,3H2,(H,14,15). The number of alkyl halides is 2. The second kappa shape index (κ2) is 4.46. The monoisotopic (exact) mass is 212 g/mol. The topological polar surface area (TPSA) is 74.0 Å². The number of aromatic nitrogens is 1. The fourth-order valence-electron chi connectivity index (χ4n) is 1.03. The first-order chi connectivity index (χ1) is 7.04. The Balaban J connectivity index is 3.10. The number of pyridine rings is 1. The Kier molecular flexibility index (Phi) is 3.29. The average Bonchev–Trinajstić information content (AvgIpc) is 2.17. The predicted molar refractivity (Wildman–Crippen MR) is 45.2 cm³/mol. The van der Waals surface area contributed by atoms with Gasteiger partial charge in [0.1, 0.15) is 17.5 Å². The number of rotatable bonds is 3. The largest absolute Gasteiger partial charge is 0.481 e. The summed E-state index contributed by atoms with van der Waals surface area (Å²) in [5.74, 6) is -1.14. The van der Waals surface area contributed by atoms with Gasteiger partial charge in [-0.25, -0.2) is 13.8 Å². The smallest absolute Gasteiger partial charge is 0.307 e. The molecule has 1 aromatic heterocycles. The van der Waals surface area contributed by atoms with Crippen LogP contribution >= 0.6 is 0 Å². The molecule has 78 valence electrons. The minimum Gasteiger partial charge on any atom is -0.481 e. The maximum absolute atomic E-state index is 12.2. The third-order valence-corrected chi connectivity index (χ3v) is 1.67. The molecule has 0 fully saturated rings. The molecule has 0 spiro atoms. The van der Waals surface area contributed by atoms with Crippen LogP contribution in [0.25, 0.3) is 0 Å². The van der Waals surface area contributed by atoms with Crippen LogP contribution in [0.3, 0.4) is 0 Å². The van der Waals surface area contributed by atoms with Crippen molar-refractivity contribution in [2.75, 3.05) is 0 Å². The molecule has 0 unspecified atom stereocenters. The lowest BCUT2D eigenvalue weighted by molar-refractivity contribution is -0.136. The van der Waals surface area contributed by atoms with Gasteiger partial charge in [0.15, 0.2) is 0 Å². The lowest BCUT2D eigenvalue weighted by atomic mass is 10.1. The Bertz CT molecular complexity index is 427. The molecule has 4 nitrogen and oxygen atoms in total. The summed E-state index contributed by atoms with van der Waals surface area (Å²) < 4.78 is 24.4. The summed E-state index contributed by atoms with van der Waals surface area (Å²) in [6, 6.07) is 3.79. The maximum atomic E-state index is 12.2. The van der Waals surface area contributed by atoms with E-state index in [0.717, 1.165) is 6.07 Å². The van der Waals surface area contributed by atoms with Gasteiger partial charge in [-0.15, -0.1) is 0 Å². The van der Waals surface area contributed by atoms with Crippen LogP contribution in [0.4, 0.5) is 8.78 Å². The Morgan fingerprint density at radius 3 is 2.73 bits per heavy atom. The van der Waals surface area contributed by atoms with Crippen molar-refractivity contribution in [3.8, 4) is 6.07 Å². The molecule has 6 heteroatoms. The number of hydrogen-bond donors (Lipinski definition) is 1. The van der Waals surface area contributed by atoms with Crippen LogP contribution in [0.1, 0.15) is 23.4 Å². The number of halogens is 2. The van der Waals surface area contributed by atoms with Gasteiger partial charge in [0, 0.05) is 0 Å². The van der Waals surface area contributed by atoms with E-state index in [4.69, 9.17) is 10.4 Å². The van der Waals surface area contributed by atoms with Crippen LogP contribution in [0.2, 0.25) is 0 Å². The highest BCUT2D eigenvalue weighted by Crippen LogP contribution is 2.18. The van der Waals surface area contributed by atoms with Gasteiger partial charge in [-0.1, -0.05) is 6.07 Å². The van der Waals surface area contributed by atoms with Crippen LogP contribution in [-0.4, -0.2) is 16.1 Å². The second-order valence-electron chi connectivity index (χ2n) is 2.73.